The molecule has 0 aliphatic carbocycles. The fourth-order valence-electron chi connectivity index (χ4n) is 0.501. The van der Waals surface area contributed by atoms with Crippen molar-refractivity contribution < 1.29 is 38.6 Å². The first-order valence-electron chi connectivity index (χ1n) is 4.97. The first-order chi connectivity index (χ1) is 8.49. The highest BCUT2D eigenvalue weighted by Crippen LogP contribution is 1.95. The fourth-order valence-corrected chi connectivity index (χ4v) is 0.501. The zero-order valence-corrected chi connectivity index (χ0v) is 10.6. The van der Waals surface area contributed by atoms with E-state index in [0.717, 1.165) is 12.2 Å². The maximum atomic E-state index is 11.0. The molecular formula is C10H16O8. The number of carbonyl (C=O) groups is 2. The third-order valence-corrected chi connectivity index (χ3v) is 1.55. The highest BCUT2D eigenvalue weighted by Gasteiger charge is 2.07. The molecule has 18 heavy (non-hydrogen) atoms. The lowest BCUT2D eigenvalue weighted by atomic mass is 10.5. The molecule has 0 fully saturated rings. The third-order valence-electron chi connectivity index (χ3n) is 1.55. The summed E-state index contributed by atoms with van der Waals surface area (Å²) in [5, 5.41) is 0. The quantitative estimate of drug-likeness (QED) is 0.270. The Hall–Kier alpha value is -1.48. The number of methoxy groups -OCH3 is 2. The third kappa shape index (κ3) is 8.65. The largest absolute Gasteiger partial charge is 0.366 e. The summed E-state index contributed by atoms with van der Waals surface area (Å²) in [5.74, 6) is -1.79. The van der Waals surface area contributed by atoms with Crippen LogP contribution < -0.4 is 0 Å². The molecule has 0 aromatic rings. The topological polar surface area (TPSA) is 89.5 Å². The van der Waals surface area contributed by atoms with Crippen molar-refractivity contribution in [3.8, 4) is 0 Å². The molecule has 0 aromatic carbocycles. The van der Waals surface area contributed by atoms with Crippen molar-refractivity contribution in [3.05, 3.63) is 12.2 Å². The smallest absolute Gasteiger partial charge is 0.352 e. The van der Waals surface area contributed by atoms with E-state index in [2.05, 4.69) is 29.0 Å². The lowest BCUT2D eigenvalue weighted by Gasteiger charge is -2.07. The monoisotopic (exact) mass is 264 g/mol. The molecule has 8 heteroatoms. The molecule has 0 aliphatic heterocycles. The van der Waals surface area contributed by atoms with Crippen LogP contribution in [0.5, 0.6) is 0 Å². The highest BCUT2D eigenvalue weighted by molar-refractivity contribution is 5.91. The van der Waals surface area contributed by atoms with E-state index in [1.54, 1.807) is 0 Å². The normalized spacial score (nSPS) is 14.2. The van der Waals surface area contributed by atoms with E-state index >= 15 is 0 Å². The summed E-state index contributed by atoms with van der Waals surface area (Å²) in [6, 6.07) is 0. The van der Waals surface area contributed by atoms with Gasteiger partial charge in [0.15, 0.2) is 12.6 Å². The molecule has 0 saturated carbocycles. The van der Waals surface area contributed by atoms with Crippen LogP contribution in [0.1, 0.15) is 13.8 Å². The van der Waals surface area contributed by atoms with Gasteiger partial charge < -0.3 is 9.47 Å². The van der Waals surface area contributed by atoms with E-state index < -0.39 is 24.5 Å². The standard InChI is InChI=1S/C10H16O8/c1-7(13-3)15-17-9(11)5-6-10(12)18-16-8(2)14-4/h5-8H,1-4H3/b6-5-. The average molecular weight is 264 g/mol. The molecule has 8 nitrogen and oxygen atoms in total. The van der Waals surface area contributed by atoms with E-state index in [4.69, 9.17) is 0 Å². The van der Waals surface area contributed by atoms with Crippen LogP contribution in [0.15, 0.2) is 12.2 Å². The average Bonchev–Trinajstić information content (AvgIpc) is 2.39. The lowest BCUT2D eigenvalue weighted by molar-refractivity contribution is -0.340. The van der Waals surface area contributed by atoms with E-state index in [0.29, 0.717) is 0 Å². The maximum absolute atomic E-state index is 11.0. The van der Waals surface area contributed by atoms with Gasteiger partial charge in [-0.25, -0.2) is 9.59 Å². The van der Waals surface area contributed by atoms with Gasteiger partial charge in [-0.3, -0.25) is 9.78 Å². The van der Waals surface area contributed by atoms with Crippen LogP contribution in [-0.2, 0) is 38.6 Å². The van der Waals surface area contributed by atoms with Gasteiger partial charge in [0.05, 0.1) is 0 Å². The minimum Gasteiger partial charge on any atom is -0.352 e. The van der Waals surface area contributed by atoms with Crippen LogP contribution in [-0.4, -0.2) is 38.7 Å². The number of carbonyl (C=O) groups excluding carboxylic acids is 2. The molecule has 0 amide bonds. The predicted octanol–water partition coefficient (Wildman–Crippen LogP) is 0.477. The lowest BCUT2D eigenvalue weighted by Crippen LogP contribution is -2.15. The summed E-state index contributed by atoms with van der Waals surface area (Å²) >= 11 is 0. The molecule has 0 aromatic heterocycles. The highest BCUT2D eigenvalue weighted by atomic mass is 17.2. The van der Waals surface area contributed by atoms with Crippen molar-refractivity contribution in [2.24, 2.45) is 0 Å². The van der Waals surface area contributed by atoms with E-state index in [1.807, 2.05) is 0 Å². The minimum absolute atomic E-state index is 0.708. The number of ether oxygens (including phenoxy) is 2. The maximum Gasteiger partial charge on any atom is 0.366 e. The molecule has 0 heterocycles. The molecule has 0 radical (unpaired) electrons. The van der Waals surface area contributed by atoms with Gasteiger partial charge in [-0.1, -0.05) is 0 Å². The molecular weight excluding hydrogens is 248 g/mol. The second-order valence-electron chi connectivity index (χ2n) is 2.94. The predicted molar refractivity (Wildman–Crippen MR) is 56.4 cm³/mol. The summed E-state index contributed by atoms with van der Waals surface area (Å²) in [6.45, 7) is 3.04. The number of rotatable bonds is 8. The van der Waals surface area contributed by atoms with Gasteiger partial charge in [-0.2, -0.15) is 9.78 Å². The molecule has 0 saturated heterocycles. The van der Waals surface area contributed by atoms with Gasteiger partial charge in [-0.05, 0) is 13.8 Å². The van der Waals surface area contributed by atoms with Gasteiger partial charge in [0.1, 0.15) is 0 Å². The second kappa shape index (κ2) is 9.54. The number of hydrogen-bond acceptors (Lipinski definition) is 8. The molecule has 0 rings (SSSR count). The summed E-state index contributed by atoms with van der Waals surface area (Å²) in [6.07, 6.45) is 0.206. The van der Waals surface area contributed by atoms with Crippen LogP contribution in [0, 0.1) is 0 Å². The van der Waals surface area contributed by atoms with Crippen LogP contribution in [0.4, 0.5) is 0 Å². The zero-order valence-electron chi connectivity index (χ0n) is 10.6. The first-order valence-corrected chi connectivity index (χ1v) is 4.97. The zero-order chi connectivity index (χ0) is 14.0. The Kier molecular flexibility index (Phi) is 8.76. The van der Waals surface area contributed by atoms with Crippen molar-refractivity contribution in [1.82, 2.24) is 0 Å². The molecule has 0 bridgehead atoms. The van der Waals surface area contributed by atoms with Gasteiger partial charge in [-0.15, -0.1) is 0 Å². The number of hydrogen-bond donors (Lipinski definition) is 0. The Labute approximate surface area is 104 Å². The molecule has 104 valence electrons. The van der Waals surface area contributed by atoms with Gasteiger partial charge >= 0.3 is 11.9 Å². The van der Waals surface area contributed by atoms with Crippen molar-refractivity contribution >= 4 is 11.9 Å². The van der Waals surface area contributed by atoms with Crippen LogP contribution in [0.3, 0.4) is 0 Å². The van der Waals surface area contributed by atoms with Crippen LogP contribution in [0.25, 0.3) is 0 Å². The Balaban J connectivity index is 3.85. The molecule has 2 unspecified atom stereocenters. The summed E-state index contributed by atoms with van der Waals surface area (Å²) in [7, 11) is 2.75. The van der Waals surface area contributed by atoms with Gasteiger partial charge in [0, 0.05) is 26.4 Å². The second-order valence-corrected chi connectivity index (χ2v) is 2.94. The van der Waals surface area contributed by atoms with Gasteiger partial charge in [0.25, 0.3) is 0 Å². The summed E-state index contributed by atoms with van der Waals surface area (Å²) in [4.78, 5) is 39.5. The van der Waals surface area contributed by atoms with E-state index in [9.17, 15) is 9.59 Å². The van der Waals surface area contributed by atoms with Crippen molar-refractivity contribution in [1.29, 1.82) is 0 Å². The SMILES string of the molecule is COC(C)OOC(=O)/C=C\C(=O)OOC(C)OC. The van der Waals surface area contributed by atoms with E-state index in [-0.39, 0.29) is 0 Å². The Morgan fingerprint density at radius 1 is 0.833 bits per heavy atom. The van der Waals surface area contributed by atoms with Crippen molar-refractivity contribution in [2.45, 2.75) is 26.4 Å². The molecule has 2 atom stereocenters. The summed E-state index contributed by atoms with van der Waals surface area (Å²) in [5.41, 5.74) is 0. The van der Waals surface area contributed by atoms with Crippen molar-refractivity contribution in [2.75, 3.05) is 14.2 Å². The van der Waals surface area contributed by atoms with E-state index in [1.165, 1.54) is 28.1 Å². The van der Waals surface area contributed by atoms with Crippen LogP contribution >= 0.6 is 0 Å². The fraction of sp³-hybridized carbons (Fsp3) is 0.600. The van der Waals surface area contributed by atoms with Gasteiger partial charge in [0.2, 0.25) is 0 Å². The Morgan fingerprint density at radius 2 is 1.17 bits per heavy atom. The minimum atomic E-state index is -0.893. The molecule has 0 N–H and O–H groups in total. The Morgan fingerprint density at radius 3 is 1.44 bits per heavy atom. The van der Waals surface area contributed by atoms with Crippen LogP contribution in [0.2, 0.25) is 0 Å². The summed E-state index contributed by atoms with van der Waals surface area (Å²) < 4.78 is 9.31. The Bertz CT molecular complexity index is 260. The first kappa shape index (κ1) is 16.5. The molecule has 0 aliphatic rings. The van der Waals surface area contributed by atoms with Crippen molar-refractivity contribution in [3.63, 3.8) is 0 Å². The molecule has 0 spiro atoms.